The summed E-state index contributed by atoms with van der Waals surface area (Å²) in [5, 5.41) is 23.2. The van der Waals surface area contributed by atoms with Crippen LogP contribution in [0.3, 0.4) is 0 Å². The maximum Gasteiger partial charge on any atom is 0.162 e. The van der Waals surface area contributed by atoms with Gasteiger partial charge in [-0.05, 0) is 13.8 Å². The fourth-order valence-corrected chi connectivity index (χ4v) is 3.41. The number of anilines is 1. The topological polar surface area (TPSA) is 131 Å². The quantitative estimate of drug-likeness (QED) is 0.369. The molecule has 4 atom stereocenters. The summed E-state index contributed by atoms with van der Waals surface area (Å²) in [6.45, 7) is 3.34. The second kappa shape index (κ2) is 7.41. The number of nitrogens with one attached hydrogen (secondary N) is 1. The van der Waals surface area contributed by atoms with Crippen LogP contribution >= 0.6 is 11.6 Å². The predicted octanol–water partition coefficient (Wildman–Crippen LogP) is 1.31. The predicted molar refractivity (Wildman–Crippen MR) is 93.5 cm³/mol. The first-order chi connectivity index (χ1) is 12.5. The van der Waals surface area contributed by atoms with Crippen molar-refractivity contribution in [3.05, 3.63) is 23.0 Å². The van der Waals surface area contributed by atoms with E-state index < -0.39 is 23.3 Å². The Balaban J connectivity index is 2.14. The molecule has 2 unspecified atom stereocenters. The number of hydrogen-bond donors (Lipinski definition) is 3. The minimum atomic E-state index is -1.22. The highest BCUT2D eigenvalue weighted by Crippen LogP contribution is 2.45. The molecule has 0 radical (unpaired) electrons. The van der Waals surface area contributed by atoms with Gasteiger partial charge in [-0.1, -0.05) is 5.18 Å². The number of ether oxygens (including phenoxy) is 1. The van der Waals surface area contributed by atoms with Gasteiger partial charge in [-0.3, -0.25) is 4.84 Å². The van der Waals surface area contributed by atoms with E-state index >= 15 is 0 Å². The maximum absolute atomic E-state index is 10.9. The van der Waals surface area contributed by atoms with Gasteiger partial charge in [-0.25, -0.2) is 15.4 Å². The molecular weight excluding hydrogens is 366 g/mol. The van der Waals surface area contributed by atoms with Crippen molar-refractivity contribution in [2.75, 3.05) is 18.7 Å². The third kappa shape index (κ3) is 3.03. The number of halogens is 1. The summed E-state index contributed by atoms with van der Waals surface area (Å²) in [5.41, 5.74) is 3.70. The monoisotopic (exact) mass is 385 g/mol. The Morgan fingerprint density at radius 2 is 2.31 bits per heavy atom. The lowest BCUT2D eigenvalue weighted by Gasteiger charge is -2.26. The number of fused-ring (bicyclic) bond motifs is 1. The SMILES string of the molecule is CCONc1ncnc2c1c(CN=O)cn2[C@@H]1OC(CO)C(O)[C@@]1(C)Cl. The van der Waals surface area contributed by atoms with E-state index in [0.717, 1.165) is 0 Å². The van der Waals surface area contributed by atoms with Gasteiger partial charge in [0.25, 0.3) is 0 Å². The fourth-order valence-electron chi connectivity index (χ4n) is 3.11. The van der Waals surface area contributed by atoms with E-state index in [9.17, 15) is 15.1 Å². The summed E-state index contributed by atoms with van der Waals surface area (Å²) in [6.07, 6.45) is 0.214. The van der Waals surface area contributed by atoms with Gasteiger partial charge in [0, 0.05) is 11.8 Å². The standard InChI is InChI=1S/C15H20ClN5O5/c1-3-25-20-12-10-8(4-19-24)5-21(13(10)18-7-17-12)14-15(2,16)11(23)9(6-22)26-14/h5,7,9,11,14,22-23H,3-4,6H2,1-2H3,(H,17,18,20)/t9?,11?,14-,15-/m1/s1. The van der Waals surface area contributed by atoms with Crippen molar-refractivity contribution in [3.8, 4) is 0 Å². The van der Waals surface area contributed by atoms with E-state index in [-0.39, 0.29) is 13.2 Å². The van der Waals surface area contributed by atoms with E-state index in [1.165, 1.54) is 6.33 Å². The van der Waals surface area contributed by atoms with E-state index in [1.54, 1.807) is 17.7 Å². The molecule has 1 fully saturated rings. The second-order valence-corrected chi connectivity index (χ2v) is 6.92. The average molecular weight is 386 g/mol. The molecule has 1 saturated heterocycles. The Hall–Kier alpha value is -1.85. The molecule has 2 aromatic rings. The minimum absolute atomic E-state index is 0.116. The molecule has 3 rings (SSSR count). The van der Waals surface area contributed by atoms with Crippen LogP contribution in [0.2, 0.25) is 0 Å². The maximum atomic E-state index is 10.9. The Kier molecular flexibility index (Phi) is 5.39. The molecular formula is C15H20ClN5O5. The number of aliphatic hydroxyl groups excluding tert-OH is 2. The number of nitrogens with zero attached hydrogens (tertiary/aromatic N) is 4. The number of aliphatic hydroxyl groups is 2. The van der Waals surface area contributed by atoms with Gasteiger partial charge in [-0.2, -0.15) is 4.91 Å². The van der Waals surface area contributed by atoms with Crippen molar-refractivity contribution in [1.82, 2.24) is 14.5 Å². The number of hydrogen-bond acceptors (Lipinski definition) is 9. The van der Waals surface area contributed by atoms with E-state index in [0.29, 0.717) is 29.0 Å². The normalized spacial score (nSPS) is 28.6. The van der Waals surface area contributed by atoms with E-state index in [1.807, 2.05) is 6.92 Å². The molecule has 0 amide bonds. The van der Waals surface area contributed by atoms with Crippen LogP contribution in [0.1, 0.15) is 25.6 Å². The van der Waals surface area contributed by atoms with Crippen molar-refractivity contribution in [2.45, 2.75) is 43.7 Å². The molecule has 26 heavy (non-hydrogen) atoms. The van der Waals surface area contributed by atoms with Crippen molar-refractivity contribution >= 4 is 28.5 Å². The van der Waals surface area contributed by atoms with Crippen LogP contribution < -0.4 is 5.48 Å². The highest BCUT2D eigenvalue weighted by molar-refractivity contribution is 6.24. The first-order valence-electron chi connectivity index (χ1n) is 8.10. The van der Waals surface area contributed by atoms with Crippen LogP contribution in [0, 0.1) is 4.91 Å². The van der Waals surface area contributed by atoms with Crippen LogP contribution in [-0.2, 0) is 16.1 Å². The highest BCUT2D eigenvalue weighted by Gasteiger charge is 2.53. The third-order valence-corrected chi connectivity index (χ3v) is 4.80. The van der Waals surface area contributed by atoms with Gasteiger partial charge < -0.3 is 19.5 Å². The molecule has 0 saturated carbocycles. The molecule has 2 aromatic heterocycles. The molecule has 3 N–H and O–H groups in total. The zero-order chi connectivity index (χ0) is 18.9. The molecule has 0 bridgehead atoms. The third-order valence-electron chi connectivity index (χ3n) is 4.39. The molecule has 0 aromatic carbocycles. The van der Waals surface area contributed by atoms with Crippen LogP contribution in [0.5, 0.6) is 0 Å². The molecule has 1 aliphatic rings. The molecule has 11 heteroatoms. The van der Waals surface area contributed by atoms with E-state index in [4.69, 9.17) is 21.2 Å². The summed E-state index contributed by atoms with van der Waals surface area (Å²) in [6, 6.07) is 0. The Labute approximate surface area is 154 Å². The van der Waals surface area contributed by atoms with Gasteiger partial charge >= 0.3 is 0 Å². The number of aromatic nitrogens is 3. The lowest BCUT2D eigenvalue weighted by molar-refractivity contribution is -0.0439. The average Bonchev–Trinajstić information content (AvgIpc) is 3.09. The number of alkyl halides is 1. The smallest absolute Gasteiger partial charge is 0.162 e. The molecule has 142 valence electrons. The van der Waals surface area contributed by atoms with Gasteiger partial charge in [0.05, 0.1) is 18.6 Å². The van der Waals surface area contributed by atoms with E-state index in [2.05, 4.69) is 20.6 Å². The molecule has 10 nitrogen and oxygen atoms in total. The second-order valence-electron chi connectivity index (χ2n) is 6.11. The Bertz CT molecular complexity index is 798. The molecule has 1 aliphatic heterocycles. The molecule has 0 spiro atoms. The summed E-state index contributed by atoms with van der Waals surface area (Å²) in [4.78, 5) is 23.3. The summed E-state index contributed by atoms with van der Waals surface area (Å²) < 4.78 is 7.37. The highest BCUT2D eigenvalue weighted by atomic mass is 35.5. The summed E-state index contributed by atoms with van der Waals surface area (Å²) >= 11 is 6.53. The van der Waals surface area contributed by atoms with Crippen molar-refractivity contribution in [3.63, 3.8) is 0 Å². The molecule has 3 heterocycles. The fraction of sp³-hybridized carbons (Fsp3) is 0.600. The van der Waals surface area contributed by atoms with Crippen molar-refractivity contribution in [1.29, 1.82) is 0 Å². The van der Waals surface area contributed by atoms with Gasteiger partial charge in [0.2, 0.25) is 0 Å². The zero-order valence-corrected chi connectivity index (χ0v) is 15.0. The van der Waals surface area contributed by atoms with Gasteiger partial charge in [-0.15, -0.1) is 11.6 Å². The van der Waals surface area contributed by atoms with Crippen LogP contribution in [-0.4, -0.2) is 55.0 Å². The first-order valence-corrected chi connectivity index (χ1v) is 8.48. The number of nitroso groups, excluding NO2 is 1. The Morgan fingerprint density at radius 3 is 2.92 bits per heavy atom. The molecule has 0 aliphatic carbocycles. The lowest BCUT2D eigenvalue weighted by Crippen LogP contribution is -2.39. The summed E-state index contributed by atoms with van der Waals surface area (Å²) in [7, 11) is 0. The van der Waals surface area contributed by atoms with Crippen molar-refractivity contribution in [2.24, 2.45) is 5.18 Å². The van der Waals surface area contributed by atoms with Crippen LogP contribution in [0.15, 0.2) is 17.7 Å². The minimum Gasteiger partial charge on any atom is -0.394 e. The lowest BCUT2D eigenvalue weighted by atomic mass is 10.0. The summed E-state index contributed by atoms with van der Waals surface area (Å²) in [5.74, 6) is 0.378. The Morgan fingerprint density at radius 1 is 1.54 bits per heavy atom. The van der Waals surface area contributed by atoms with Gasteiger partial charge in [0.15, 0.2) is 12.0 Å². The van der Waals surface area contributed by atoms with Crippen LogP contribution in [0.4, 0.5) is 5.82 Å². The number of rotatable bonds is 7. The van der Waals surface area contributed by atoms with Crippen molar-refractivity contribution < 1.29 is 19.8 Å². The van der Waals surface area contributed by atoms with Crippen LogP contribution in [0.25, 0.3) is 11.0 Å². The van der Waals surface area contributed by atoms with Gasteiger partial charge in [0.1, 0.15) is 35.6 Å². The first kappa shape index (κ1) is 18.9. The zero-order valence-electron chi connectivity index (χ0n) is 14.3. The largest absolute Gasteiger partial charge is 0.394 e.